The Labute approximate surface area is 146 Å². The quantitative estimate of drug-likeness (QED) is 0.431. The number of fused-ring (bicyclic) bond motifs is 1. The molecule has 0 unspecified atom stereocenters. The van der Waals surface area contributed by atoms with Gasteiger partial charge in [0.05, 0.1) is 29.0 Å². The SMILES string of the molecule is CN1C(C(=O)NC(CO)(CO)CO)=C(O)c2sc(Cl)cc2S1(=O)=O. The smallest absolute Gasteiger partial charge is 0.273 e. The maximum Gasteiger partial charge on any atom is 0.273 e. The maximum atomic E-state index is 12.5. The van der Waals surface area contributed by atoms with Crippen molar-refractivity contribution in [1.82, 2.24) is 9.62 Å². The number of nitrogens with zero attached hydrogens (tertiary/aromatic N) is 1. The van der Waals surface area contributed by atoms with Gasteiger partial charge in [-0.1, -0.05) is 11.6 Å². The monoisotopic (exact) mass is 398 g/mol. The molecule has 1 aliphatic heterocycles. The van der Waals surface area contributed by atoms with Crippen LogP contribution >= 0.6 is 22.9 Å². The number of aliphatic hydroxyl groups is 4. The summed E-state index contributed by atoms with van der Waals surface area (Å²) in [5, 5.41) is 40.2. The largest absolute Gasteiger partial charge is 0.504 e. The van der Waals surface area contributed by atoms with Crippen LogP contribution in [0, 0.1) is 0 Å². The van der Waals surface area contributed by atoms with Crippen LogP contribution in [0.15, 0.2) is 16.7 Å². The fraction of sp³-hybridized carbons (Fsp3) is 0.417. The minimum atomic E-state index is -4.11. The van der Waals surface area contributed by atoms with E-state index in [1.807, 2.05) is 0 Å². The highest BCUT2D eigenvalue weighted by Gasteiger charge is 2.41. The van der Waals surface area contributed by atoms with Crippen molar-refractivity contribution in [2.45, 2.75) is 10.4 Å². The molecule has 24 heavy (non-hydrogen) atoms. The summed E-state index contributed by atoms with van der Waals surface area (Å²) in [6.45, 7) is -2.40. The number of rotatable bonds is 5. The Kier molecular flexibility index (Phi) is 5.14. The Morgan fingerprint density at radius 1 is 1.33 bits per heavy atom. The Bertz CT molecular complexity index is 790. The molecule has 0 aromatic carbocycles. The number of carbonyl (C=O) groups is 1. The van der Waals surface area contributed by atoms with Crippen LogP contribution in [0.25, 0.3) is 5.76 Å². The van der Waals surface area contributed by atoms with Crippen molar-refractivity contribution < 1.29 is 33.6 Å². The molecule has 9 nitrogen and oxygen atoms in total. The molecule has 0 saturated heterocycles. The zero-order valence-electron chi connectivity index (χ0n) is 12.4. The lowest BCUT2D eigenvalue weighted by molar-refractivity contribution is -0.122. The molecule has 0 bridgehead atoms. The lowest BCUT2D eigenvalue weighted by Crippen LogP contribution is -2.58. The summed E-state index contributed by atoms with van der Waals surface area (Å²) in [4.78, 5) is 12.1. The van der Waals surface area contributed by atoms with Crippen LogP contribution in [0.3, 0.4) is 0 Å². The van der Waals surface area contributed by atoms with E-state index in [0.717, 1.165) is 24.5 Å². The molecule has 1 aromatic rings. The van der Waals surface area contributed by atoms with E-state index < -0.39 is 52.7 Å². The number of amides is 1. The second kappa shape index (κ2) is 6.50. The van der Waals surface area contributed by atoms with Crippen LogP contribution in [-0.4, -0.2) is 71.5 Å². The fourth-order valence-electron chi connectivity index (χ4n) is 2.05. The summed E-state index contributed by atoms with van der Waals surface area (Å²) < 4.78 is 25.6. The van der Waals surface area contributed by atoms with Crippen molar-refractivity contribution in [3.05, 3.63) is 21.0 Å². The van der Waals surface area contributed by atoms with Crippen molar-refractivity contribution in [2.24, 2.45) is 0 Å². The van der Waals surface area contributed by atoms with Gasteiger partial charge in [-0.3, -0.25) is 9.10 Å². The first-order chi connectivity index (χ1) is 11.1. The summed E-state index contributed by atoms with van der Waals surface area (Å²) in [7, 11) is -3.05. The Balaban J connectivity index is 2.55. The second-order valence-corrected chi connectivity index (χ2v) is 8.74. The van der Waals surface area contributed by atoms with Gasteiger partial charge in [0.15, 0.2) is 11.5 Å². The van der Waals surface area contributed by atoms with Gasteiger partial charge in [0.1, 0.15) is 10.4 Å². The standard InChI is InChI=1S/C12H15ClN2O7S2/c1-15-8(11(20)14-12(3-16,4-17)5-18)9(19)10-6(24(15,21)22)2-7(13)23-10/h2,16-19H,3-5H2,1H3,(H,14,20). The molecule has 1 aliphatic rings. The molecule has 1 aromatic heterocycles. The zero-order valence-corrected chi connectivity index (χ0v) is 14.7. The molecule has 12 heteroatoms. The highest BCUT2D eigenvalue weighted by Crippen LogP contribution is 2.41. The highest BCUT2D eigenvalue weighted by molar-refractivity contribution is 7.89. The van der Waals surface area contributed by atoms with Crippen LogP contribution in [0.4, 0.5) is 0 Å². The number of carbonyl (C=O) groups excluding carboxylic acids is 1. The highest BCUT2D eigenvalue weighted by atomic mass is 35.5. The summed E-state index contributed by atoms with van der Waals surface area (Å²) in [6.07, 6.45) is 0. The molecule has 0 atom stereocenters. The Morgan fingerprint density at radius 3 is 2.38 bits per heavy atom. The van der Waals surface area contributed by atoms with E-state index in [9.17, 15) is 33.6 Å². The van der Waals surface area contributed by atoms with Crippen LogP contribution in [0.1, 0.15) is 4.88 Å². The van der Waals surface area contributed by atoms with Gasteiger partial charge in [0.25, 0.3) is 15.9 Å². The van der Waals surface area contributed by atoms with E-state index in [1.165, 1.54) is 0 Å². The van der Waals surface area contributed by atoms with E-state index in [0.29, 0.717) is 4.31 Å². The number of hydrogen-bond acceptors (Lipinski definition) is 8. The normalized spacial score (nSPS) is 17.0. The minimum absolute atomic E-state index is 0.0918. The second-order valence-electron chi connectivity index (χ2n) is 5.12. The third kappa shape index (κ3) is 2.87. The van der Waals surface area contributed by atoms with Gasteiger partial charge in [-0.05, 0) is 6.07 Å². The molecule has 0 spiro atoms. The van der Waals surface area contributed by atoms with Crippen LogP contribution < -0.4 is 5.32 Å². The first-order valence-corrected chi connectivity index (χ1v) is 9.14. The number of nitrogens with one attached hydrogen (secondary N) is 1. The zero-order chi connectivity index (χ0) is 18.3. The van der Waals surface area contributed by atoms with E-state index in [1.54, 1.807) is 0 Å². The van der Waals surface area contributed by atoms with Gasteiger partial charge < -0.3 is 25.7 Å². The molecular formula is C12H15ClN2O7S2. The average Bonchev–Trinajstić information content (AvgIpc) is 2.94. The van der Waals surface area contributed by atoms with E-state index in [-0.39, 0.29) is 14.1 Å². The van der Waals surface area contributed by atoms with Crippen LogP contribution in [0.2, 0.25) is 4.34 Å². The maximum absolute atomic E-state index is 12.5. The first-order valence-electron chi connectivity index (χ1n) is 6.50. The van der Waals surface area contributed by atoms with E-state index in [4.69, 9.17) is 11.6 Å². The molecule has 2 heterocycles. The molecule has 5 N–H and O–H groups in total. The molecular weight excluding hydrogens is 384 g/mol. The van der Waals surface area contributed by atoms with Gasteiger partial charge in [-0.2, -0.15) is 0 Å². The molecule has 1 amide bonds. The summed E-state index contributed by atoms with van der Waals surface area (Å²) in [5.41, 5.74) is -2.39. The predicted octanol–water partition coefficient (Wildman–Crippen LogP) is -0.906. The van der Waals surface area contributed by atoms with Crippen molar-refractivity contribution in [2.75, 3.05) is 26.9 Å². The molecule has 0 radical (unpaired) electrons. The molecule has 0 aliphatic carbocycles. The number of halogens is 1. The van der Waals surface area contributed by atoms with Crippen molar-refractivity contribution in [3.8, 4) is 0 Å². The van der Waals surface area contributed by atoms with Crippen LogP contribution in [-0.2, 0) is 14.8 Å². The van der Waals surface area contributed by atoms with Crippen LogP contribution in [0.5, 0.6) is 0 Å². The number of sulfonamides is 1. The Morgan fingerprint density at radius 2 is 1.88 bits per heavy atom. The third-order valence-corrected chi connectivity index (χ3v) is 6.74. The van der Waals surface area contributed by atoms with Crippen molar-refractivity contribution >= 4 is 44.6 Å². The fourth-order valence-corrected chi connectivity index (χ4v) is 4.99. The minimum Gasteiger partial charge on any atom is -0.504 e. The molecule has 0 saturated carbocycles. The third-order valence-electron chi connectivity index (χ3n) is 3.56. The average molecular weight is 399 g/mol. The topological polar surface area (TPSA) is 147 Å². The predicted molar refractivity (Wildman–Crippen MR) is 86.0 cm³/mol. The number of likely N-dealkylation sites (N-methyl/N-ethyl adjacent to an activating group) is 1. The van der Waals surface area contributed by atoms with Gasteiger partial charge in [-0.25, -0.2) is 8.42 Å². The Hall–Kier alpha value is -1.37. The van der Waals surface area contributed by atoms with E-state index in [2.05, 4.69) is 5.32 Å². The van der Waals surface area contributed by atoms with Crippen molar-refractivity contribution in [1.29, 1.82) is 0 Å². The van der Waals surface area contributed by atoms with Crippen molar-refractivity contribution in [3.63, 3.8) is 0 Å². The lowest BCUT2D eigenvalue weighted by Gasteiger charge is -2.32. The van der Waals surface area contributed by atoms with Gasteiger partial charge >= 0.3 is 0 Å². The number of aliphatic hydroxyl groups excluding tert-OH is 4. The first kappa shape index (κ1) is 19.0. The molecule has 0 fully saturated rings. The lowest BCUT2D eigenvalue weighted by atomic mass is 10.0. The molecule has 134 valence electrons. The van der Waals surface area contributed by atoms with Gasteiger partial charge in [0.2, 0.25) is 0 Å². The number of thiophene rings is 1. The van der Waals surface area contributed by atoms with Gasteiger partial charge in [-0.15, -0.1) is 11.3 Å². The van der Waals surface area contributed by atoms with Gasteiger partial charge in [0, 0.05) is 7.05 Å². The summed E-state index contributed by atoms with van der Waals surface area (Å²) in [6, 6.07) is 1.16. The number of hydrogen-bond donors (Lipinski definition) is 5. The molecule has 2 rings (SSSR count). The summed E-state index contributed by atoms with van der Waals surface area (Å²) >= 11 is 6.58. The summed E-state index contributed by atoms with van der Waals surface area (Å²) in [5.74, 6) is -1.70. The van der Waals surface area contributed by atoms with E-state index >= 15 is 0 Å².